The molecule has 152 valence electrons. The fourth-order valence-electron chi connectivity index (χ4n) is 3.62. The highest BCUT2D eigenvalue weighted by molar-refractivity contribution is 6.30. The van der Waals surface area contributed by atoms with Gasteiger partial charge in [-0.1, -0.05) is 11.6 Å². The number of anilines is 1. The van der Waals surface area contributed by atoms with E-state index < -0.39 is 10.9 Å². The minimum atomic E-state index is -0.628. The predicted octanol–water partition coefficient (Wildman–Crippen LogP) is 4.07. The number of ether oxygens (including phenoxy) is 3. The van der Waals surface area contributed by atoms with Crippen LogP contribution in [0.15, 0.2) is 30.3 Å². The molecular weight excluding hydrogens is 400 g/mol. The Balaban J connectivity index is 1.59. The van der Waals surface area contributed by atoms with E-state index in [0.29, 0.717) is 28.6 Å². The maximum atomic E-state index is 12.9. The van der Waals surface area contributed by atoms with Crippen LogP contribution in [0.25, 0.3) is 0 Å². The van der Waals surface area contributed by atoms with Crippen LogP contribution in [0.5, 0.6) is 5.75 Å². The van der Waals surface area contributed by atoms with Crippen molar-refractivity contribution in [2.75, 3.05) is 24.8 Å². The monoisotopic (exact) mass is 418 g/mol. The first kappa shape index (κ1) is 19.5. The Labute approximate surface area is 172 Å². The molecule has 1 saturated heterocycles. The molecule has 0 radical (unpaired) electrons. The number of fused-ring (bicyclic) bond motifs is 1. The summed E-state index contributed by atoms with van der Waals surface area (Å²) in [5, 5.41) is 11.7. The highest BCUT2D eigenvalue weighted by Gasteiger charge is 2.24. The molecule has 8 nitrogen and oxygen atoms in total. The Morgan fingerprint density at radius 2 is 2.03 bits per heavy atom. The van der Waals surface area contributed by atoms with Gasteiger partial charge < -0.3 is 19.1 Å². The molecule has 0 saturated carbocycles. The normalized spacial score (nSPS) is 15.6. The summed E-state index contributed by atoms with van der Waals surface area (Å²) in [5.41, 5.74) is 2.08. The second-order valence-corrected chi connectivity index (χ2v) is 7.33. The molecule has 0 bridgehead atoms. The Morgan fingerprint density at radius 3 is 2.79 bits per heavy atom. The molecule has 2 aromatic rings. The fraction of sp³-hybridized carbons (Fsp3) is 0.350. The topological polar surface area (TPSA) is 91.1 Å². The number of non-ortho nitro benzene ring substituents is 1. The van der Waals surface area contributed by atoms with Crippen molar-refractivity contribution in [3.63, 3.8) is 0 Å². The van der Waals surface area contributed by atoms with Gasteiger partial charge in [-0.25, -0.2) is 4.79 Å². The molecule has 0 unspecified atom stereocenters. The van der Waals surface area contributed by atoms with Crippen molar-refractivity contribution in [1.29, 1.82) is 0 Å². The number of halogens is 1. The summed E-state index contributed by atoms with van der Waals surface area (Å²) in [4.78, 5) is 25.6. The summed E-state index contributed by atoms with van der Waals surface area (Å²) < 4.78 is 16.3. The smallest absolute Gasteiger partial charge is 0.340 e. The minimum Gasteiger partial charge on any atom is -0.467 e. The van der Waals surface area contributed by atoms with Crippen LogP contribution in [0, 0.1) is 10.1 Å². The van der Waals surface area contributed by atoms with E-state index in [1.54, 1.807) is 18.2 Å². The zero-order valence-electron chi connectivity index (χ0n) is 15.6. The van der Waals surface area contributed by atoms with E-state index in [9.17, 15) is 14.9 Å². The summed E-state index contributed by atoms with van der Waals surface area (Å²) in [5.74, 6) is -0.0383. The van der Waals surface area contributed by atoms with Crippen LogP contribution in [-0.2, 0) is 22.7 Å². The third-order valence-electron chi connectivity index (χ3n) is 4.97. The van der Waals surface area contributed by atoms with Gasteiger partial charge in [0.2, 0.25) is 0 Å². The third kappa shape index (κ3) is 4.13. The van der Waals surface area contributed by atoms with Gasteiger partial charge in [-0.05, 0) is 31.0 Å². The fourth-order valence-corrected chi connectivity index (χ4v) is 3.88. The van der Waals surface area contributed by atoms with Crippen LogP contribution < -0.4 is 9.64 Å². The van der Waals surface area contributed by atoms with Gasteiger partial charge in [-0.3, -0.25) is 10.1 Å². The maximum Gasteiger partial charge on any atom is 0.340 e. The molecule has 0 atom stereocenters. The standard InChI is InChI=1S/C20H19ClN2O6/c21-15-7-13-10-27-12-29-19(13)14(8-15)11-28-20(24)17-9-16(23(25)26)3-4-18(17)22-5-1-2-6-22/h3-4,7-9H,1-2,5-6,10-12H2. The van der Waals surface area contributed by atoms with Crippen molar-refractivity contribution < 1.29 is 23.9 Å². The third-order valence-corrected chi connectivity index (χ3v) is 5.19. The summed E-state index contributed by atoms with van der Waals surface area (Å²) in [6, 6.07) is 7.71. The molecule has 0 amide bonds. The van der Waals surface area contributed by atoms with Crippen LogP contribution in [0.3, 0.4) is 0 Å². The van der Waals surface area contributed by atoms with E-state index in [4.69, 9.17) is 25.8 Å². The van der Waals surface area contributed by atoms with Crippen molar-refractivity contribution in [2.45, 2.75) is 26.1 Å². The molecule has 0 N–H and O–H groups in total. The van der Waals surface area contributed by atoms with Gasteiger partial charge >= 0.3 is 5.97 Å². The number of nitro groups is 1. The predicted molar refractivity (Wildman–Crippen MR) is 105 cm³/mol. The van der Waals surface area contributed by atoms with Gasteiger partial charge in [0.1, 0.15) is 12.4 Å². The average molecular weight is 419 g/mol. The number of carbonyl (C=O) groups is 1. The number of nitrogens with zero attached hydrogens (tertiary/aromatic N) is 2. The average Bonchev–Trinajstić information content (AvgIpc) is 3.25. The number of nitro benzene ring substituents is 1. The largest absolute Gasteiger partial charge is 0.467 e. The number of rotatable bonds is 5. The van der Waals surface area contributed by atoms with Crippen LogP contribution in [0.2, 0.25) is 5.02 Å². The van der Waals surface area contributed by atoms with Gasteiger partial charge in [-0.2, -0.15) is 0 Å². The SMILES string of the molecule is O=C(OCc1cc(Cl)cc2c1OCOC2)c1cc([N+](=O)[O-])ccc1N1CCCC1. The Kier molecular flexibility index (Phi) is 5.55. The molecule has 1 fully saturated rings. The number of esters is 1. The molecule has 2 aliphatic rings. The summed E-state index contributed by atoms with van der Waals surface area (Å²) in [7, 11) is 0. The first-order valence-corrected chi connectivity index (χ1v) is 9.63. The van der Waals surface area contributed by atoms with Gasteiger partial charge in [0, 0.05) is 41.4 Å². The van der Waals surface area contributed by atoms with E-state index in [-0.39, 0.29) is 24.7 Å². The Hall–Kier alpha value is -2.84. The van der Waals surface area contributed by atoms with E-state index in [0.717, 1.165) is 31.5 Å². The molecule has 4 rings (SSSR count). The maximum absolute atomic E-state index is 12.9. The second-order valence-electron chi connectivity index (χ2n) is 6.89. The van der Waals surface area contributed by atoms with E-state index in [1.165, 1.54) is 12.1 Å². The number of hydrogen-bond donors (Lipinski definition) is 0. The van der Waals surface area contributed by atoms with Gasteiger partial charge in [0.05, 0.1) is 22.8 Å². The zero-order valence-corrected chi connectivity index (χ0v) is 16.3. The van der Waals surface area contributed by atoms with Crippen LogP contribution in [0.4, 0.5) is 11.4 Å². The summed E-state index contributed by atoms with van der Waals surface area (Å²) in [6.07, 6.45) is 2.03. The summed E-state index contributed by atoms with van der Waals surface area (Å²) in [6.45, 7) is 2.01. The molecule has 2 aromatic carbocycles. The quantitative estimate of drug-likeness (QED) is 0.410. The Bertz CT molecular complexity index is 958. The van der Waals surface area contributed by atoms with Crippen LogP contribution in [-0.4, -0.2) is 30.8 Å². The van der Waals surface area contributed by atoms with Gasteiger partial charge in [0.15, 0.2) is 6.79 Å². The molecule has 9 heteroatoms. The summed E-state index contributed by atoms with van der Waals surface area (Å²) >= 11 is 6.15. The zero-order chi connectivity index (χ0) is 20.4. The molecule has 0 spiro atoms. The molecule has 2 heterocycles. The Morgan fingerprint density at radius 1 is 1.24 bits per heavy atom. The van der Waals surface area contributed by atoms with Gasteiger partial charge in [0.25, 0.3) is 5.69 Å². The number of carbonyl (C=O) groups excluding carboxylic acids is 1. The molecule has 29 heavy (non-hydrogen) atoms. The number of hydrogen-bond acceptors (Lipinski definition) is 7. The highest BCUT2D eigenvalue weighted by Crippen LogP contribution is 2.33. The first-order chi connectivity index (χ1) is 14.0. The highest BCUT2D eigenvalue weighted by atomic mass is 35.5. The van der Waals surface area contributed by atoms with Crippen LogP contribution in [0.1, 0.15) is 34.3 Å². The first-order valence-electron chi connectivity index (χ1n) is 9.25. The van der Waals surface area contributed by atoms with E-state index in [2.05, 4.69) is 0 Å². The lowest BCUT2D eigenvalue weighted by atomic mass is 10.1. The number of benzene rings is 2. The van der Waals surface area contributed by atoms with Crippen molar-refractivity contribution >= 4 is 28.9 Å². The van der Waals surface area contributed by atoms with Crippen LogP contribution >= 0.6 is 11.6 Å². The molecule has 0 aliphatic carbocycles. The van der Waals surface area contributed by atoms with Gasteiger partial charge in [-0.15, -0.1) is 0 Å². The van der Waals surface area contributed by atoms with E-state index >= 15 is 0 Å². The van der Waals surface area contributed by atoms with Crippen molar-refractivity contribution in [1.82, 2.24) is 0 Å². The second kappa shape index (κ2) is 8.26. The van der Waals surface area contributed by atoms with Crippen molar-refractivity contribution in [2.24, 2.45) is 0 Å². The van der Waals surface area contributed by atoms with Crippen molar-refractivity contribution in [3.8, 4) is 5.75 Å². The molecular formula is C20H19ClN2O6. The lowest BCUT2D eigenvalue weighted by Gasteiger charge is -2.22. The lowest BCUT2D eigenvalue weighted by Crippen LogP contribution is -2.21. The van der Waals surface area contributed by atoms with Crippen molar-refractivity contribution in [3.05, 3.63) is 62.2 Å². The lowest BCUT2D eigenvalue weighted by molar-refractivity contribution is -0.384. The minimum absolute atomic E-state index is 0.0656. The molecule has 2 aliphatic heterocycles. The van der Waals surface area contributed by atoms with E-state index in [1.807, 2.05) is 4.90 Å². The molecule has 0 aromatic heterocycles.